The van der Waals surface area contributed by atoms with Gasteiger partial charge >= 0.3 is 0 Å². The zero-order valence-corrected chi connectivity index (χ0v) is 22.4. The fourth-order valence-electron chi connectivity index (χ4n) is 4.18. The van der Waals surface area contributed by atoms with Gasteiger partial charge in [-0.2, -0.15) is 0 Å². The number of rotatable bonds is 8. The second-order valence-corrected chi connectivity index (χ2v) is 10.5. The number of hydrogen-bond donors (Lipinski definition) is 1. The second-order valence-electron chi connectivity index (χ2n) is 9.38. The Balaban J connectivity index is 1.24. The Kier molecular flexibility index (Phi) is 8.68. The number of nitrogens with one attached hydrogen (secondary N) is 1. The molecule has 1 aliphatic rings. The van der Waals surface area contributed by atoms with Crippen molar-refractivity contribution in [3.05, 3.63) is 64.7 Å². The molecule has 0 spiro atoms. The summed E-state index contributed by atoms with van der Waals surface area (Å²) < 4.78 is 1.23. The molecular weight excluding hydrogens is 486 g/mol. The summed E-state index contributed by atoms with van der Waals surface area (Å²) in [6, 6.07) is 11.8. The Morgan fingerprint density at radius 1 is 1.08 bits per heavy atom. The maximum atomic E-state index is 12.6. The lowest BCUT2D eigenvalue weighted by Gasteiger charge is -2.32. The van der Waals surface area contributed by atoms with Crippen LogP contribution < -0.4 is 5.32 Å². The highest BCUT2D eigenvalue weighted by atomic mass is 32.1. The summed E-state index contributed by atoms with van der Waals surface area (Å²) in [6.45, 7) is 5.77. The Morgan fingerprint density at radius 3 is 2.54 bits per heavy atom. The molecule has 1 saturated heterocycles. The molecule has 0 bridgehead atoms. The van der Waals surface area contributed by atoms with Crippen molar-refractivity contribution in [2.24, 2.45) is 0 Å². The van der Waals surface area contributed by atoms with Crippen molar-refractivity contribution in [3.8, 4) is 0 Å². The quantitative estimate of drug-likeness (QED) is 0.458. The number of thiophene rings is 1. The molecule has 1 N–H and O–H groups in total. The third kappa shape index (κ3) is 7.02. The van der Waals surface area contributed by atoms with E-state index in [4.69, 9.17) is 0 Å². The summed E-state index contributed by atoms with van der Waals surface area (Å²) >= 11 is 1.72. The molecular formula is C28H33N5O3S. The van der Waals surface area contributed by atoms with Crippen LogP contribution in [0.15, 0.2) is 48.7 Å². The first-order chi connectivity index (χ1) is 17.8. The Labute approximate surface area is 221 Å². The lowest BCUT2D eigenvalue weighted by molar-refractivity contribution is -0.134. The molecule has 1 aliphatic heterocycles. The van der Waals surface area contributed by atoms with Crippen LogP contribution in [-0.2, 0) is 20.9 Å². The van der Waals surface area contributed by atoms with Gasteiger partial charge in [0, 0.05) is 67.9 Å². The summed E-state index contributed by atoms with van der Waals surface area (Å²) in [7, 11) is 3.83. The number of anilines is 1. The number of fused-ring (bicyclic) bond motifs is 1. The number of piperazine rings is 1. The number of likely N-dealkylation sites (N-methyl/N-ethyl adjacent to an activating group) is 2. The lowest BCUT2D eigenvalue weighted by Crippen LogP contribution is -2.47. The number of amides is 3. The van der Waals surface area contributed by atoms with Crippen LogP contribution in [0.2, 0.25) is 0 Å². The largest absolute Gasteiger partial charge is 0.340 e. The molecule has 0 atom stereocenters. The molecule has 9 heteroatoms. The minimum absolute atomic E-state index is 0.00819. The predicted octanol–water partition coefficient (Wildman–Crippen LogP) is 3.77. The maximum absolute atomic E-state index is 12.6. The number of benzene rings is 1. The van der Waals surface area contributed by atoms with E-state index in [9.17, 15) is 14.4 Å². The second kappa shape index (κ2) is 12.1. The van der Waals surface area contributed by atoms with Gasteiger partial charge in [0.2, 0.25) is 17.7 Å². The van der Waals surface area contributed by atoms with Crippen molar-refractivity contribution < 1.29 is 14.4 Å². The van der Waals surface area contributed by atoms with Crippen molar-refractivity contribution in [1.82, 2.24) is 19.7 Å². The first-order valence-electron chi connectivity index (χ1n) is 12.4. The van der Waals surface area contributed by atoms with Gasteiger partial charge in [0.1, 0.15) is 5.82 Å². The highest BCUT2D eigenvalue weighted by Crippen LogP contribution is 2.31. The summed E-state index contributed by atoms with van der Waals surface area (Å²) in [5, 5.41) is 3.97. The Bertz CT molecular complexity index is 1290. The third-order valence-corrected chi connectivity index (χ3v) is 7.85. The molecule has 0 radical (unpaired) electrons. The van der Waals surface area contributed by atoms with Crippen molar-refractivity contribution in [1.29, 1.82) is 0 Å². The normalized spacial score (nSPS) is 14.3. The van der Waals surface area contributed by atoms with Gasteiger partial charge in [0.25, 0.3) is 0 Å². The van der Waals surface area contributed by atoms with Crippen LogP contribution in [0.3, 0.4) is 0 Å². The molecule has 3 aromatic rings. The van der Waals surface area contributed by atoms with Gasteiger partial charge in [-0.1, -0.05) is 18.2 Å². The number of hydrogen-bond acceptors (Lipinski definition) is 6. The van der Waals surface area contributed by atoms with Crippen LogP contribution in [0.5, 0.6) is 0 Å². The molecule has 0 aliphatic carbocycles. The van der Waals surface area contributed by atoms with E-state index in [-0.39, 0.29) is 30.6 Å². The van der Waals surface area contributed by atoms with E-state index in [1.807, 2.05) is 24.1 Å². The molecule has 4 rings (SSSR count). The van der Waals surface area contributed by atoms with Crippen molar-refractivity contribution in [3.63, 3.8) is 0 Å². The van der Waals surface area contributed by atoms with E-state index in [0.717, 1.165) is 18.7 Å². The smallest absolute Gasteiger partial charge is 0.246 e. The van der Waals surface area contributed by atoms with Crippen LogP contribution in [0.1, 0.15) is 28.8 Å². The van der Waals surface area contributed by atoms with Gasteiger partial charge < -0.3 is 20.0 Å². The average Bonchev–Trinajstić information content (AvgIpc) is 3.22. The number of aromatic nitrogens is 1. The minimum Gasteiger partial charge on any atom is -0.340 e. The molecule has 1 aromatic carbocycles. The topological polar surface area (TPSA) is 85.8 Å². The number of carbonyl (C=O) groups excluding carboxylic acids is 3. The fraction of sp³-hybridized carbons (Fsp3) is 0.357. The molecule has 3 heterocycles. The van der Waals surface area contributed by atoms with Crippen LogP contribution in [0, 0.1) is 6.92 Å². The third-order valence-electron chi connectivity index (χ3n) is 6.59. The standard InChI is InChI=1S/C28H33N5O3S/c1-20-22-6-4-5-7-23(22)37-24(20)19-32(3)27(35)12-9-21-8-10-25(29-18-21)30-26(34)11-13-28(36)33-16-14-31(2)15-17-33/h4-10,12,18H,11,13-17,19H2,1-3H3,(H,29,30,34)/b12-9+. The van der Waals surface area contributed by atoms with Crippen molar-refractivity contribution >= 4 is 51.0 Å². The zero-order chi connectivity index (χ0) is 26.4. The van der Waals surface area contributed by atoms with E-state index >= 15 is 0 Å². The summed E-state index contributed by atoms with van der Waals surface area (Å²) in [5.74, 6) is 0.0811. The van der Waals surface area contributed by atoms with Crippen LogP contribution in [0.25, 0.3) is 16.2 Å². The Hall–Kier alpha value is -3.56. The van der Waals surface area contributed by atoms with Gasteiger partial charge in [-0.05, 0) is 54.8 Å². The molecule has 8 nitrogen and oxygen atoms in total. The summed E-state index contributed by atoms with van der Waals surface area (Å²) in [5.41, 5.74) is 1.97. The van der Waals surface area contributed by atoms with Crippen LogP contribution >= 0.6 is 11.3 Å². The number of nitrogens with zero attached hydrogens (tertiary/aromatic N) is 4. The summed E-state index contributed by atoms with van der Waals surface area (Å²) in [4.78, 5) is 48.4. The molecule has 37 heavy (non-hydrogen) atoms. The maximum Gasteiger partial charge on any atom is 0.246 e. The van der Waals surface area contributed by atoms with Gasteiger partial charge in [-0.15, -0.1) is 11.3 Å². The summed E-state index contributed by atoms with van der Waals surface area (Å²) in [6.07, 6.45) is 5.15. The van der Waals surface area contributed by atoms with Gasteiger partial charge in [0.05, 0.1) is 6.54 Å². The van der Waals surface area contributed by atoms with E-state index in [0.29, 0.717) is 25.5 Å². The SMILES string of the molecule is Cc1c(CN(C)C(=O)/C=C/c2ccc(NC(=O)CCC(=O)N3CCN(C)CC3)nc2)sc2ccccc12. The average molecular weight is 520 g/mol. The Morgan fingerprint density at radius 2 is 1.84 bits per heavy atom. The number of carbonyl (C=O) groups is 3. The number of pyridine rings is 1. The molecule has 1 fully saturated rings. The molecule has 3 amide bonds. The predicted molar refractivity (Wildman–Crippen MR) is 148 cm³/mol. The number of aryl methyl sites for hydroxylation is 1. The zero-order valence-electron chi connectivity index (χ0n) is 21.6. The van der Waals surface area contributed by atoms with E-state index in [1.165, 1.54) is 26.6 Å². The van der Waals surface area contributed by atoms with Crippen molar-refractivity contribution in [2.75, 3.05) is 45.6 Å². The lowest BCUT2D eigenvalue weighted by atomic mass is 10.1. The highest BCUT2D eigenvalue weighted by molar-refractivity contribution is 7.19. The van der Waals surface area contributed by atoms with E-state index in [1.54, 1.807) is 47.7 Å². The monoisotopic (exact) mass is 519 g/mol. The molecule has 0 saturated carbocycles. The van der Waals surface area contributed by atoms with E-state index in [2.05, 4.69) is 34.3 Å². The molecule has 2 aromatic heterocycles. The molecule has 194 valence electrons. The van der Waals surface area contributed by atoms with Gasteiger partial charge in [-0.25, -0.2) is 4.98 Å². The molecule has 0 unspecified atom stereocenters. The first kappa shape index (κ1) is 26.5. The van der Waals surface area contributed by atoms with Crippen molar-refractivity contribution in [2.45, 2.75) is 26.3 Å². The first-order valence-corrected chi connectivity index (χ1v) is 13.2. The highest BCUT2D eigenvalue weighted by Gasteiger charge is 2.19. The van der Waals surface area contributed by atoms with Crippen LogP contribution in [0.4, 0.5) is 5.82 Å². The van der Waals surface area contributed by atoms with Gasteiger partial charge in [-0.3, -0.25) is 14.4 Å². The van der Waals surface area contributed by atoms with Crippen LogP contribution in [-0.4, -0.2) is 77.7 Å². The fourth-order valence-corrected chi connectivity index (χ4v) is 5.45. The minimum atomic E-state index is -0.244. The van der Waals surface area contributed by atoms with E-state index < -0.39 is 0 Å². The van der Waals surface area contributed by atoms with Gasteiger partial charge in [0.15, 0.2) is 0 Å².